The second-order valence-electron chi connectivity index (χ2n) is 5.19. The van der Waals surface area contributed by atoms with Gasteiger partial charge in [0.2, 0.25) is 0 Å². The van der Waals surface area contributed by atoms with Gasteiger partial charge in [-0.05, 0) is 56.0 Å². The number of nitrogen functional groups attached to an aromatic ring is 1. The highest BCUT2D eigenvalue weighted by Gasteiger charge is 2.15. The van der Waals surface area contributed by atoms with E-state index in [9.17, 15) is 5.11 Å². The fraction of sp³-hybridized carbons (Fsp3) is 0.375. The molecule has 0 amide bonds. The van der Waals surface area contributed by atoms with Gasteiger partial charge in [-0.2, -0.15) is 0 Å². The van der Waals surface area contributed by atoms with Crippen LogP contribution >= 0.6 is 11.3 Å². The summed E-state index contributed by atoms with van der Waals surface area (Å²) < 4.78 is 0. The van der Waals surface area contributed by atoms with Crippen LogP contribution in [-0.4, -0.2) is 5.11 Å². The van der Waals surface area contributed by atoms with Crippen LogP contribution in [0.25, 0.3) is 0 Å². The molecule has 0 radical (unpaired) electrons. The second kappa shape index (κ2) is 5.35. The zero-order chi connectivity index (χ0) is 14.2. The van der Waals surface area contributed by atoms with Crippen molar-refractivity contribution in [1.29, 1.82) is 0 Å². The molecule has 0 bridgehead atoms. The molecule has 1 atom stereocenters. The van der Waals surface area contributed by atoms with E-state index >= 15 is 0 Å². The first-order valence-electron chi connectivity index (χ1n) is 6.49. The molecule has 0 aliphatic rings. The van der Waals surface area contributed by atoms with Gasteiger partial charge in [0, 0.05) is 21.9 Å². The third-order valence-corrected chi connectivity index (χ3v) is 5.06. The minimum Gasteiger partial charge on any atom is -0.398 e. The Morgan fingerprint density at radius 3 is 2.42 bits per heavy atom. The van der Waals surface area contributed by atoms with Gasteiger partial charge in [0.1, 0.15) is 0 Å². The van der Waals surface area contributed by atoms with Crippen LogP contribution in [-0.2, 0) is 6.42 Å². The maximum Gasteiger partial charge on any atom is 0.0923 e. The monoisotopic (exact) mass is 275 g/mol. The molecule has 0 aliphatic heterocycles. The zero-order valence-electron chi connectivity index (χ0n) is 11.9. The summed E-state index contributed by atoms with van der Waals surface area (Å²) in [5.74, 6) is 0. The Kier molecular flexibility index (Phi) is 3.97. The van der Waals surface area contributed by atoms with Crippen molar-refractivity contribution in [2.45, 2.75) is 40.2 Å². The fourth-order valence-electron chi connectivity index (χ4n) is 2.15. The predicted octanol–water partition coefficient (Wildman–Crippen LogP) is 3.84. The van der Waals surface area contributed by atoms with Gasteiger partial charge < -0.3 is 10.8 Å². The van der Waals surface area contributed by atoms with Crippen molar-refractivity contribution in [3.05, 3.63) is 50.2 Å². The molecule has 3 N–H and O–H groups in total. The van der Waals surface area contributed by atoms with E-state index < -0.39 is 6.10 Å². The Balaban J connectivity index is 2.24. The smallest absolute Gasteiger partial charge is 0.0923 e. The molecule has 1 aromatic carbocycles. The molecule has 1 aromatic heterocycles. The number of thiophene rings is 1. The van der Waals surface area contributed by atoms with Crippen LogP contribution in [0.3, 0.4) is 0 Å². The summed E-state index contributed by atoms with van der Waals surface area (Å²) in [6.07, 6.45) is 0.105. The van der Waals surface area contributed by atoms with Crippen LogP contribution in [0.4, 0.5) is 5.69 Å². The Bertz CT molecular complexity index is 582. The van der Waals surface area contributed by atoms with Crippen molar-refractivity contribution < 1.29 is 5.11 Å². The molecule has 0 aliphatic carbocycles. The summed E-state index contributed by atoms with van der Waals surface area (Å²) in [6, 6.07) is 6.16. The summed E-state index contributed by atoms with van der Waals surface area (Å²) in [7, 11) is 0. The van der Waals surface area contributed by atoms with Crippen molar-refractivity contribution in [2.75, 3.05) is 5.73 Å². The van der Waals surface area contributed by atoms with E-state index in [0.717, 1.165) is 21.7 Å². The van der Waals surface area contributed by atoms with E-state index in [0.29, 0.717) is 6.42 Å². The third kappa shape index (κ3) is 2.82. The van der Waals surface area contributed by atoms with Gasteiger partial charge in [-0.25, -0.2) is 0 Å². The number of benzene rings is 1. The first-order valence-corrected chi connectivity index (χ1v) is 7.31. The highest BCUT2D eigenvalue weighted by Crippen LogP contribution is 2.31. The number of hydrogen-bond acceptors (Lipinski definition) is 3. The second-order valence-corrected chi connectivity index (χ2v) is 6.48. The number of aryl methyl sites for hydroxylation is 3. The Morgan fingerprint density at radius 1 is 1.16 bits per heavy atom. The van der Waals surface area contributed by atoms with Crippen molar-refractivity contribution >= 4 is 17.0 Å². The lowest BCUT2D eigenvalue weighted by Gasteiger charge is -2.14. The molecule has 3 heteroatoms. The average molecular weight is 275 g/mol. The van der Waals surface area contributed by atoms with E-state index in [-0.39, 0.29) is 0 Å². The molecule has 2 rings (SSSR count). The maximum atomic E-state index is 10.4. The van der Waals surface area contributed by atoms with Crippen LogP contribution in [0.15, 0.2) is 18.2 Å². The van der Waals surface area contributed by atoms with Crippen molar-refractivity contribution in [2.24, 2.45) is 0 Å². The molecule has 1 unspecified atom stereocenters. The van der Waals surface area contributed by atoms with E-state index in [4.69, 9.17) is 5.73 Å². The van der Waals surface area contributed by atoms with E-state index in [1.165, 1.54) is 16.0 Å². The van der Waals surface area contributed by atoms with Crippen LogP contribution in [0, 0.1) is 27.7 Å². The van der Waals surface area contributed by atoms with Gasteiger partial charge in [-0.3, -0.25) is 0 Å². The molecule has 0 spiro atoms. The third-order valence-electron chi connectivity index (χ3n) is 3.80. The van der Waals surface area contributed by atoms with Gasteiger partial charge in [0.25, 0.3) is 0 Å². The van der Waals surface area contributed by atoms with Crippen molar-refractivity contribution in [3.63, 3.8) is 0 Å². The Hall–Kier alpha value is -1.32. The van der Waals surface area contributed by atoms with Crippen LogP contribution in [0.2, 0.25) is 0 Å². The lowest BCUT2D eigenvalue weighted by Crippen LogP contribution is -2.05. The highest BCUT2D eigenvalue weighted by molar-refractivity contribution is 7.12. The molecule has 0 saturated carbocycles. The summed E-state index contributed by atoms with van der Waals surface area (Å²) in [6.45, 7) is 8.24. The molecular weight excluding hydrogens is 254 g/mol. The standard InChI is InChI=1S/C16H21NOS/c1-9-5-6-13(16(17)11(9)3)8-14(18)15-7-10(2)12(4)19-15/h5-7,14,18H,8,17H2,1-4H3. The molecule has 2 nitrogen and oxygen atoms in total. The molecule has 102 valence electrons. The molecule has 0 saturated heterocycles. The number of anilines is 1. The first-order chi connectivity index (χ1) is 8.90. The van der Waals surface area contributed by atoms with E-state index in [2.05, 4.69) is 32.9 Å². The predicted molar refractivity (Wildman–Crippen MR) is 82.8 cm³/mol. The quantitative estimate of drug-likeness (QED) is 0.836. The van der Waals surface area contributed by atoms with Crippen molar-refractivity contribution in [1.82, 2.24) is 0 Å². The van der Waals surface area contributed by atoms with E-state index in [1.807, 2.05) is 13.0 Å². The molecule has 1 heterocycles. The van der Waals surface area contributed by atoms with Gasteiger partial charge in [-0.1, -0.05) is 12.1 Å². The van der Waals surface area contributed by atoms with Gasteiger partial charge in [-0.15, -0.1) is 11.3 Å². The lowest BCUT2D eigenvalue weighted by atomic mass is 9.98. The topological polar surface area (TPSA) is 46.2 Å². The largest absolute Gasteiger partial charge is 0.398 e. The molecule has 2 aromatic rings. The van der Waals surface area contributed by atoms with Gasteiger partial charge in [0.15, 0.2) is 0 Å². The minimum absolute atomic E-state index is 0.471. The highest BCUT2D eigenvalue weighted by atomic mass is 32.1. The Morgan fingerprint density at radius 2 is 1.84 bits per heavy atom. The zero-order valence-corrected chi connectivity index (χ0v) is 12.8. The number of rotatable bonds is 3. The minimum atomic E-state index is -0.471. The van der Waals surface area contributed by atoms with Crippen LogP contribution < -0.4 is 5.73 Å². The normalized spacial score (nSPS) is 12.7. The van der Waals surface area contributed by atoms with Gasteiger partial charge in [0.05, 0.1) is 6.10 Å². The van der Waals surface area contributed by atoms with Gasteiger partial charge >= 0.3 is 0 Å². The number of aliphatic hydroxyl groups is 1. The Labute approximate surface area is 118 Å². The molecule has 0 fully saturated rings. The molecular formula is C16H21NOS. The van der Waals surface area contributed by atoms with E-state index in [1.54, 1.807) is 11.3 Å². The van der Waals surface area contributed by atoms with Crippen LogP contribution in [0.5, 0.6) is 0 Å². The summed E-state index contributed by atoms with van der Waals surface area (Å²) in [4.78, 5) is 2.29. The van der Waals surface area contributed by atoms with Crippen LogP contribution in [0.1, 0.15) is 38.1 Å². The molecule has 19 heavy (non-hydrogen) atoms. The average Bonchev–Trinajstić information content (AvgIpc) is 2.70. The fourth-order valence-corrected chi connectivity index (χ4v) is 3.18. The summed E-state index contributed by atoms with van der Waals surface area (Å²) >= 11 is 1.66. The lowest BCUT2D eigenvalue weighted by molar-refractivity contribution is 0.182. The number of nitrogens with two attached hydrogens (primary N) is 1. The number of aliphatic hydroxyl groups excluding tert-OH is 1. The first kappa shape index (κ1) is 14.1. The number of hydrogen-bond donors (Lipinski definition) is 2. The summed E-state index contributed by atoms with van der Waals surface area (Å²) in [5.41, 5.74) is 11.5. The SMILES string of the molecule is Cc1cc(C(O)Cc2ccc(C)c(C)c2N)sc1C. The van der Waals surface area contributed by atoms with Crippen molar-refractivity contribution in [3.8, 4) is 0 Å². The summed E-state index contributed by atoms with van der Waals surface area (Å²) in [5, 5.41) is 10.4. The maximum absolute atomic E-state index is 10.4.